The highest BCUT2D eigenvalue weighted by atomic mass is 16.6. The standard InChI is InChI=1S/C17H30O4/c1-13(2)7-8-16(19)14(3)6-5-9-17(4)12-20-15(10-18)11-21-17/h7,14-15,18H,5-6,8-12H2,1-4H3. The molecule has 0 bridgehead atoms. The fourth-order valence-electron chi connectivity index (χ4n) is 2.38. The van der Waals surface area contributed by atoms with Crippen molar-refractivity contribution in [1.82, 2.24) is 0 Å². The van der Waals surface area contributed by atoms with Crippen LogP contribution in [0.15, 0.2) is 11.6 Å². The summed E-state index contributed by atoms with van der Waals surface area (Å²) in [6.07, 6.45) is 5.06. The van der Waals surface area contributed by atoms with Gasteiger partial charge in [-0.3, -0.25) is 4.79 Å². The number of rotatable bonds is 8. The Morgan fingerprint density at radius 2 is 2.19 bits per heavy atom. The van der Waals surface area contributed by atoms with E-state index in [4.69, 9.17) is 14.6 Å². The number of hydrogen-bond donors (Lipinski definition) is 1. The highest BCUT2D eigenvalue weighted by Gasteiger charge is 2.32. The van der Waals surface area contributed by atoms with Gasteiger partial charge in [-0.1, -0.05) is 18.6 Å². The Hall–Kier alpha value is -0.710. The van der Waals surface area contributed by atoms with Crippen LogP contribution in [0.5, 0.6) is 0 Å². The van der Waals surface area contributed by atoms with Gasteiger partial charge >= 0.3 is 0 Å². The maximum Gasteiger partial charge on any atom is 0.139 e. The summed E-state index contributed by atoms with van der Waals surface area (Å²) >= 11 is 0. The lowest BCUT2D eigenvalue weighted by Crippen LogP contribution is -2.45. The lowest BCUT2D eigenvalue weighted by molar-refractivity contribution is -0.193. The first-order chi connectivity index (χ1) is 9.86. The predicted molar refractivity (Wildman–Crippen MR) is 83.3 cm³/mol. The van der Waals surface area contributed by atoms with Gasteiger partial charge in [-0.2, -0.15) is 0 Å². The van der Waals surface area contributed by atoms with E-state index >= 15 is 0 Å². The first-order valence-electron chi connectivity index (χ1n) is 7.89. The maximum atomic E-state index is 12.0. The molecule has 3 unspecified atom stereocenters. The minimum Gasteiger partial charge on any atom is -0.394 e. The Morgan fingerprint density at radius 3 is 2.71 bits per heavy atom. The number of hydrogen-bond acceptors (Lipinski definition) is 4. The van der Waals surface area contributed by atoms with E-state index in [9.17, 15) is 4.79 Å². The van der Waals surface area contributed by atoms with Crippen molar-refractivity contribution in [2.24, 2.45) is 5.92 Å². The van der Waals surface area contributed by atoms with E-state index in [1.807, 2.05) is 33.8 Å². The van der Waals surface area contributed by atoms with Gasteiger partial charge in [-0.25, -0.2) is 0 Å². The third-order valence-corrected chi connectivity index (χ3v) is 4.05. The van der Waals surface area contributed by atoms with Crippen LogP contribution in [0.4, 0.5) is 0 Å². The molecule has 0 aromatic heterocycles. The number of ketones is 1. The molecule has 0 radical (unpaired) electrons. The summed E-state index contributed by atoms with van der Waals surface area (Å²) < 4.78 is 11.4. The van der Waals surface area contributed by atoms with Crippen molar-refractivity contribution in [3.05, 3.63) is 11.6 Å². The average molecular weight is 298 g/mol. The fraction of sp³-hybridized carbons (Fsp3) is 0.824. The number of aliphatic hydroxyl groups excluding tert-OH is 1. The number of carbonyl (C=O) groups excluding carboxylic acids is 1. The van der Waals surface area contributed by atoms with Crippen LogP contribution in [0.2, 0.25) is 0 Å². The zero-order chi connectivity index (χ0) is 15.9. The SMILES string of the molecule is CC(C)=CCC(=O)C(C)CCCC1(C)COC(CO)CO1. The summed E-state index contributed by atoms with van der Waals surface area (Å²) in [4.78, 5) is 12.0. The van der Waals surface area contributed by atoms with Gasteiger partial charge in [0.05, 0.1) is 25.4 Å². The molecule has 1 rings (SSSR count). The minimum absolute atomic E-state index is 0.00593. The highest BCUT2D eigenvalue weighted by Crippen LogP contribution is 2.25. The van der Waals surface area contributed by atoms with Gasteiger partial charge in [0.2, 0.25) is 0 Å². The molecule has 1 fully saturated rings. The average Bonchev–Trinajstić information content (AvgIpc) is 2.45. The van der Waals surface area contributed by atoms with Crippen molar-refractivity contribution in [2.45, 2.75) is 65.1 Å². The first-order valence-corrected chi connectivity index (χ1v) is 7.89. The van der Waals surface area contributed by atoms with Crippen molar-refractivity contribution in [2.75, 3.05) is 19.8 Å². The quantitative estimate of drug-likeness (QED) is 0.700. The summed E-state index contributed by atoms with van der Waals surface area (Å²) in [5.41, 5.74) is 0.906. The van der Waals surface area contributed by atoms with Gasteiger partial charge in [0.1, 0.15) is 11.9 Å². The van der Waals surface area contributed by atoms with Crippen molar-refractivity contribution in [3.8, 4) is 0 Å². The van der Waals surface area contributed by atoms with Gasteiger partial charge in [-0.05, 0) is 40.0 Å². The van der Waals surface area contributed by atoms with Gasteiger partial charge in [-0.15, -0.1) is 0 Å². The summed E-state index contributed by atoms with van der Waals surface area (Å²) in [7, 11) is 0. The van der Waals surface area contributed by atoms with Crippen LogP contribution in [0.3, 0.4) is 0 Å². The Balaban J connectivity index is 2.26. The van der Waals surface area contributed by atoms with Gasteiger partial charge in [0.25, 0.3) is 0 Å². The summed E-state index contributed by atoms with van der Waals surface area (Å²) in [5.74, 6) is 0.404. The number of aliphatic hydroxyl groups is 1. The Kier molecular flexibility index (Phi) is 7.57. The topological polar surface area (TPSA) is 55.8 Å². The molecule has 1 N–H and O–H groups in total. The third-order valence-electron chi connectivity index (χ3n) is 4.05. The molecule has 0 spiro atoms. The highest BCUT2D eigenvalue weighted by molar-refractivity contribution is 5.82. The van der Waals surface area contributed by atoms with E-state index in [1.165, 1.54) is 5.57 Å². The molecule has 0 aromatic carbocycles. The lowest BCUT2D eigenvalue weighted by atomic mass is 9.92. The number of allylic oxidation sites excluding steroid dienone is 2. The zero-order valence-electron chi connectivity index (χ0n) is 13.9. The molecule has 122 valence electrons. The Labute approximate surface area is 128 Å². The van der Waals surface area contributed by atoms with Crippen LogP contribution < -0.4 is 0 Å². The van der Waals surface area contributed by atoms with Crippen LogP contribution in [0.1, 0.15) is 53.4 Å². The molecule has 1 saturated heterocycles. The van der Waals surface area contributed by atoms with Crippen molar-refractivity contribution in [3.63, 3.8) is 0 Å². The molecule has 1 aliphatic heterocycles. The van der Waals surface area contributed by atoms with Crippen LogP contribution in [0, 0.1) is 5.92 Å². The number of ether oxygens (including phenoxy) is 2. The molecular formula is C17H30O4. The smallest absolute Gasteiger partial charge is 0.139 e. The molecule has 21 heavy (non-hydrogen) atoms. The van der Waals surface area contributed by atoms with Crippen LogP contribution in [-0.2, 0) is 14.3 Å². The number of carbonyl (C=O) groups is 1. The second-order valence-corrected chi connectivity index (χ2v) is 6.62. The van der Waals surface area contributed by atoms with E-state index in [0.717, 1.165) is 19.3 Å². The van der Waals surface area contributed by atoms with Crippen LogP contribution in [0.25, 0.3) is 0 Å². The largest absolute Gasteiger partial charge is 0.394 e. The first kappa shape index (κ1) is 18.3. The molecule has 0 amide bonds. The van der Waals surface area contributed by atoms with Gasteiger partial charge < -0.3 is 14.6 Å². The normalized spacial score (nSPS) is 27.2. The second kappa shape index (κ2) is 8.66. The zero-order valence-corrected chi connectivity index (χ0v) is 13.9. The predicted octanol–water partition coefficient (Wildman–Crippen LogP) is 2.88. The fourth-order valence-corrected chi connectivity index (χ4v) is 2.38. The molecule has 3 atom stereocenters. The monoisotopic (exact) mass is 298 g/mol. The van der Waals surface area contributed by atoms with Gasteiger partial charge in [0.15, 0.2) is 0 Å². The molecule has 0 saturated carbocycles. The third kappa shape index (κ3) is 6.72. The van der Waals surface area contributed by atoms with Gasteiger partial charge in [0, 0.05) is 12.3 Å². The molecule has 4 heteroatoms. The van der Waals surface area contributed by atoms with E-state index in [-0.39, 0.29) is 24.2 Å². The van der Waals surface area contributed by atoms with Crippen molar-refractivity contribution in [1.29, 1.82) is 0 Å². The Morgan fingerprint density at radius 1 is 1.48 bits per heavy atom. The van der Waals surface area contributed by atoms with Crippen LogP contribution >= 0.6 is 0 Å². The van der Waals surface area contributed by atoms with E-state index < -0.39 is 0 Å². The number of Topliss-reactive ketones (excluding diaryl/α,β-unsaturated/α-hetero) is 1. The van der Waals surface area contributed by atoms with E-state index in [2.05, 4.69) is 0 Å². The van der Waals surface area contributed by atoms with E-state index in [0.29, 0.717) is 25.4 Å². The molecular weight excluding hydrogens is 268 g/mol. The molecule has 1 heterocycles. The van der Waals surface area contributed by atoms with Crippen molar-refractivity contribution < 1.29 is 19.4 Å². The summed E-state index contributed by atoms with van der Waals surface area (Å²) in [6, 6.07) is 0. The lowest BCUT2D eigenvalue weighted by Gasteiger charge is -2.37. The molecule has 0 aromatic rings. The second-order valence-electron chi connectivity index (χ2n) is 6.62. The molecule has 1 aliphatic rings. The molecule has 4 nitrogen and oxygen atoms in total. The summed E-state index contributed by atoms with van der Waals surface area (Å²) in [5, 5.41) is 9.01. The van der Waals surface area contributed by atoms with E-state index in [1.54, 1.807) is 0 Å². The summed E-state index contributed by atoms with van der Waals surface area (Å²) in [6.45, 7) is 9.03. The van der Waals surface area contributed by atoms with Crippen LogP contribution in [-0.4, -0.2) is 42.4 Å². The molecule has 0 aliphatic carbocycles. The minimum atomic E-state index is -0.283. The Bertz CT molecular complexity index is 350. The maximum absolute atomic E-state index is 12.0. The van der Waals surface area contributed by atoms with Crippen molar-refractivity contribution >= 4 is 5.78 Å².